The minimum absolute atomic E-state index is 0.110. The molecule has 0 radical (unpaired) electrons. The number of nitrogens with zero attached hydrogens (tertiary/aromatic N) is 2. The molecule has 0 aliphatic carbocycles. The molecule has 0 bridgehead atoms. The lowest BCUT2D eigenvalue weighted by molar-refractivity contribution is -0.140. The third-order valence-corrected chi connectivity index (χ3v) is 3.28. The second kappa shape index (κ2) is 6.89. The standard InChI is InChI=1S/C18H20N2O2/c1-5-9-16-14(4)19-17(12-22-18(21)13(2)3)20(16)15-10-7-6-8-11-15/h5-8,10-11H,1-2,9,12H2,3-4H3. The zero-order valence-corrected chi connectivity index (χ0v) is 13.0. The number of carbonyl (C=O) groups is 1. The first kappa shape index (κ1) is 15.8. The van der Waals surface area contributed by atoms with E-state index in [4.69, 9.17) is 4.74 Å². The number of para-hydroxylation sites is 1. The molecule has 0 aliphatic rings. The predicted octanol–water partition coefficient (Wildman–Crippen LogP) is 3.53. The number of esters is 1. The summed E-state index contributed by atoms with van der Waals surface area (Å²) in [7, 11) is 0. The topological polar surface area (TPSA) is 44.1 Å². The van der Waals surface area contributed by atoms with E-state index < -0.39 is 5.97 Å². The van der Waals surface area contributed by atoms with Crippen LogP contribution in [0.25, 0.3) is 5.69 Å². The van der Waals surface area contributed by atoms with Crippen molar-refractivity contribution in [3.05, 3.63) is 72.4 Å². The average molecular weight is 296 g/mol. The van der Waals surface area contributed by atoms with Crippen LogP contribution in [0.4, 0.5) is 0 Å². The van der Waals surface area contributed by atoms with Crippen molar-refractivity contribution in [2.24, 2.45) is 0 Å². The summed E-state index contributed by atoms with van der Waals surface area (Å²) in [5, 5.41) is 0. The average Bonchev–Trinajstić information content (AvgIpc) is 2.82. The molecule has 0 unspecified atom stereocenters. The Balaban J connectivity index is 2.41. The predicted molar refractivity (Wildman–Crippen MR) is 86.8 cm³/mol. The lowest BCUT2D eigenvalue weighted by Gasteiger charge is -2.12. The molecule has 4 nitrogen and oxygen atoms in total. The summed E-state index contributed by atoms with van der Waals surface area (Å²) in [4.78, 5) is 16.2. The Hall–Kier alpha value is -2.62. The van der Waals surface area contributed by atoms with Crippen molar-refractivity contribution >= 4 is 5.97 Å². The van der Waals surface area contributed by atoms with Gasteiger partial charge in [-0.2, -0.15) is 0 Å². The molecule has 0 N–H and O–H groups in total. The molecule has 2 aromatic rings. The van der Waals surface area contributed by atoms with Gasteiger partial charge in [-0.25, -0.2) is 9.78 Å². The largest absolute Gasteiger partial charge is 0.454 e. The Kier molecular flexibility index (Phi) is 4.94. The van der Waals surface area contributed by atoms with Crippen LogP contribution in [0.1, 0.15) is 24.1 Å². The molecule has 0 spiro atoms. The van der Waals surface area contributed by atoms with E-state index in [1.54, 1.807) is 6.92 Å². The van der Waals surface area contributed by atoms with Crippen LogP contribution in [0.2, 0.25) is 0 Å². The normalized spacial score (nSPS) is 10.3. The minimum atomic E-state index is -0.412. The van der Waals surface area contributed by atoms with Gasteiger partial charge in [0.25, 0.3) is 0 Å². The van der Waals surface area contributed by atoms with Crippen LogP contribution in [0, 0.1) is 6.92 Å². The molecule has 0 amide bonds. The fourth-order valence-corrected chi connectivity index (χ4v) is 2.23. The smallest absolute Gasteiger partial charge is 0.333 e. The Labute approximate surface area is 130 Å². The van der Waals surface area contributed by atoms with E-state index in [1.165, 1.54) is 0 Å². The Morgan fingerprint density at radius 1 is 1.36 bits per heavy atom. The number of ether oxygens (including phenoxy) is 1. The lowest BCUT2D eigenvalue weighted by Crippen LogP contribution is -2.10. The number of aryl methyl sites for hydroxylation is 1. The molecule has 0 atom stereocenters. The number of rotatable bonds is 6. The molecule has 0 aliphatic heterocycles. The van der Waals surface area contributed by atoms with Gasteiger partial charge < -0.3 is 4.74 Å². The number of imidazole rings is 1. The highest BCUT2D eigenvalue weighted by Crippen LogP contribution is 2.20. The highest BCUT2D eigenvalue weighted by Gasteiger charge is 2.16. The van der Waals surface area contributed by atoms with Gasteiger partial charge in [0.2, 0.25) is 0 Å². The highest BCUT2D eigenvalue weighted by atomic mass is 16.5. The third-order valence-electron chi connectivity index (χ3n) is 3.28. The Bertz CT molecular complexity index is 699. The van der Waals surface area contributed by atoms with Gasteiger partial charge >= 0.3 is 5.97 Å². The molecule has 2 rings (SSSR count). The van der Waals surface area contributed by atoms with Gasteiger partial charge in [0.1, 0.15) is 6.61 Å². The summed E-state index contributed by atoms with van der Waals surface area (Å²) in [6, 6.07) is 9.88. The Morgan fingerprint density at radius 2 is 2.05 bits per heavy atom. The number of hydrogen-bond acceptors (Lipinski definition) is 3. The Morgan fingerprint density at radius 3 is 2.64 bits per heavy atom. The van der Waals surface area contributed by atoms with Gasteiger partial charge in [-0.3, -0.25) is 4.57 Å². The fraction of sp³-hybridized carbons (Fsp3) is 0.222. The van der Waals surface area contributed by atoms with Crippen molar-refractivity contribution in [2.45, 2.75) is 26.9 Å². The number of carbonyl (C=O) groups excluding carboxylic acids is 1. The van der Waals surface area contributed by atoms with Crippen LogP contribution in [-0.2, 0) is 22.6 Å². The summed E-state index contributed by atoms with van der Waals surface area (Å²) in [5.74, 6) is 0.278. The molecular formula is C18H20N2O2. The van der Waals surface area contributed by atoms with Crippen LogP contribution >= 0.6 is 0 Å². The first-order chi connectivity index (χ1) is 10.5. The molecule has 1 heterocycles. The van der Waals surface area contributed by atoms with E-state index in [9.17, 15) is 4.79 Å². The van der Waals surface area contributed by atoms with Gasteiger partial charge in [-0.15, -0.1) is 6.58 Å². The SMILES string of the molecule is C=CCc1c(C)nc(COC(=O)C(=C)C)n1-c1ccccc1. The molecule has 0 saturated carbocycles. The van der Waals surface area contributed by atoms with Gasteiger partial charge in [0.05, 0.1) is 5.69 Å². The summed E-state index contributed by atoms with van der Waals surface area (Å²) in [5.41, 5.74) is 3.31. The quantitative estimate of drug-likeness (QED) is 0.465. The maximum absolute atomic E-state index is 11.6. The number of aromatic nitrogens is 2. The molecule has 114 valence electrons. The van der Waals surface area contributed by atoms with E-state index in [-0.39, 0.29) is 6.61 Å². The second-order valence-electron chi connectivity index (χ2n) is 5.08. The highest BCUT2D eigenvalue weighted by molar-refractivity contribution is 5.86. The van der Waals surface area contributed by atoms with E-state index in [0.717, 1.165) is 17.1 Å². The van der Waals surface area contributed by atoms with E-state index in [2.05, 4.69) is 18.1 Å². The van der Waals surface area contributed by atoms with Gasteiger partial charge in [0, 0.05) is 23.4 Å². The van der Waals surface area contributed by atoms with Crippen molar-refractivity contribution in [3.8, 4) is 5.69 Å². The molecule has 0 saturated heterocycles. The maximum atomic E-state index is 11.6. The monoisotopic (exact) mass is 296 g/mol. The number of hydrogen-bond donors (Lipinski definition) is 0. The fourth-order valence-electron chi connectivity index (χ4n) is 2.23. The van der Waals surface area contributed by atoms with Crippen LogP contribution in [0.3, 0.4) is 0 Å². The van der Waals surface area contributed by atoms with Gasteiger partial charge in [-0.05, 0) is 26.0 Å². The van der Waals surface area contributed by atoms with Crippen LogP contribution in [-0.4, -0.2) is 15.5 Å². The van der Waals surface area contributed by atoms with Gasteiger partial charge in [0.15, 0.2) is 5.82 Å². The molecule has 1 aromatic carbocycles. The first-order valence-electron chi connectivity index (χ1n) is 7.10. The molecule has 1 aromatic heterocycles. The summed E-state index contributed by atoms with van der Waals surface area (Å²) < 4.78 is 7.27. The van der Waals surface area contributed by atoms with Crippen LogP contribution in [0.15, 0.2) is 55.1 Å². The van der Waals surface area contributed by atoms with Crippen molar-refractivity contribution in [1.29, 1.82) is 0 Å². The van der Waals surface area contributed by atoms with Gasteiger partial charge in [-0.1, -0.05) is 30.9 Å². The summed E-state index contributed by atoms with van der Waals surface area (Å²) >= 11 is 0. The molecule has 0 fully saturated rings. The zero-order valence-electron chi connectivity index (χ0n) is 13.0. The number of benzene rings is 1. The molecule has 4 heteroatoms. The van der Waals surface area contributed by atoms with E-state index in [0.29, 0.717) is 17.8 Å². The van der Waals surface area contributed by atoms with Crippen molar-refractivity contribution in [2.75, 3.05) is 0 Å². The minimum Gasteiger partial charge on any atom is -0.454 e. The molecular weight excluding hydrogens is 276 g/mol. The molecule has 22 heavy (non-hydrogen) atoms. The van der Waals surface area contributed by atoms with Crippen LogP contribution < -0.4 is 0 Å². The summed E-state index contributed by atoms with van der Waals surface area (Å²) in [6.45, 7) is 11.1. The second-order valence-corrected chi connectivity index (χ2v) is 5.08. The van der Waals surface area contributed by atoms with Crippen molar-refractivity contribution < 1.29 is 9.53 Å². The van der Waals surface area contributed by atoms with E-state index >= 15 is 0 Å². The van der Waals surface area contributed by atoms with E-state index in [1.807, 2.05) is 47.9 Å². The van der Waals surface area contributed by atoms with Crippen molar-refractivity contribution in [3.63, 3.8) is 0 Å². The third kappa shape index (κ3) is 3.34. The van der Waals surface area contributed by atoms with Crippen LogP contribution in [0.5, 0.6) is 0 Å². The number of allylic oxidation sites excluding steroid dienone is 1. The maximum Gasteiger partial charge on any atom is 0.333 e. The zero-order chi connectivity index (χ0) is 16.1. The lowest BCUT2D eigenvalue weighted by atomic mass is 10.2. The van der Waals surface area contributed by atoms with Crippen molar-refractivity contribution in [1.82, 2.24) is 9.55 Å². The first-order valence-corrected chi connectivity index (χ1v) is 7.10. The summed E-state index contributed by atoms with van der Waals surface area (Å²) in [6.07, 6.45) is 2.54.